The third-order valence-electron chi connectivity index (χ3n) is 5.98. The fourth-order valence-corrected chi connectivity index (χ4v) is 4.49. The van der Waals surface area contributed by atoms with Crippen LogP contribution in [0.5, 0.6) is 5.75 Å². The predicted octanol–water partition coefficient (Wildman–Crippen LogP) is 5.31. The minimum atomic E-state index is 0.00443. The van der Waals surface area contributed by atoms with Crippen molar-refractivity contribution in [1.29, 1.82) is 0 Å². The van der Waals surface area contributed by atoms with E-state index in [1.165, 1.54) is 0 Å². The van der Waals surface area contributed by atoms with Gasteiger partial charge in [0.15, 0.2) is 5.11 Å². The quantitative estimate of drug-likeness (QED) is 0.428. The number of morpholine rings is 1. The molecule has 1 fully saturated rings. The van der Waals surface area contributed by atoms with Crippen molar-refractivity contribution in [3.8, 4) is 5.75 Å². The number of nitrogens with zero attached hydrogens (tertiary/aromatic N) is 2. The zero-order chi connectivity index (χ0) is 23.0. The fraction of sp³-hybridized carbons (Fsp3) is 0.423. The van der Waals surface area contributed by atoms with Crippen molar-refractivity contribution in [3.63, 3.8) is 0 Å². The second kappa shape index (κ2) is 11.5. The summed E-state index contributed by atoms with van der Waals surface area (Å²) in [5, 5.41) is 5.21. The number of anilines is 1. The zero-order valence-electron chi connectivity index (χ0n) is 19.5. The number of nitrogens with one attached hydrogen (secondary N) is 1. The Balaban J connectivity index is 1.47. The van der Waals surface area contributed by atoms with Crippen LogP contribution in [-0.2, 0) is 4.74 Å². The molecule has 1 aliphatic heterocycles. The maximum absolute atomic E-state index is 6.18. The molecule has 3 aromatic rings. The van der Waals surface area contributed by atoms with Crippen molar-refractivity contribution in [1.82, 2.24) is 9.80 Å². The first-order valence-electron chi connectivity index (χ1n) is 11.7. The maximum atomic E-state index is 6.18. The molecule has 0 radical (unpaired) electrons. The van der Waals surface area contributed by atoms with Crippen LogP contribution in [0.2, 0.25) is 0 Å². The third kappa shape index (κ3) is 6.25. The van der Waals surface area contributed by atoms with Gasteiger partial charge in [0, 0.05) is 37.3 Å². The van der Waals surface area contributed by atoms with Gasteiger partial charge in [0.05, 0.1) is 25.9 Å². The summed E-state index contributed by atoms with van der Waals surface area (Å²) in [7, 11) is 0. The predicted molar refractivity (Wildman–Crippen MR) is 137 cm³/mol. The summed E-state index contributed by atoms with van der Waals surface area (Å²) in [6.45, 7) is 10.3. The average molecular weight is 468 g/mol. The fourth-order valence-electron chi connectivity index (χ4n) is 4.12. The number of benzene rings is 2. The number of para-hydroxylation sites is 1. The first-order valence-corrected chi connectivity index (χ1v) is 12.1. The highest BCUT2D eigenvalue weighted by Crippen LogP contribution is 2.28. The van der Waals surface area contributed by atoms with Crippen LogP contribution in [0.3, 0.4) is 0 Å². The molecule has 0 unspecified atom stereocenters. The molecule has 0 spiro atoms. The molecular formula is C26H33N3O3S. The van der Waals surface area contributed by atoms with Crippen LogP contribution >= 0.6 is 12.2 Å². The largest absolute Gasteiger partial charge is 0.494 e. The lowest BCUT2D eigenvalue weighted by atomic mass is 10.2. The van der Waals surface area contributed by atoms with E-state index in [0.29, 0.717) is 11.7 Å². The van der Waals surface area contributed by atoms with Crippen LogP contribution in [0, 0.1) is 0 Å². The molecule has 6 nitrogen and oxygen atoms in total. The monoisotopic (exact) mass is 467 g/mol. The molecule has 1 aromatic heterocycles. The smallest absolute Gasteiger partial charge is 0.174 e. The second-order valence-corrected chi connectivity index (χ2v) is 8.64. The van der Waals surface area contributed by atoms with E-state index in [1.54, 1.807) is 0 Å². The van der Waals surface area contributed by atoms with Crippen LogP contribution in [0.1, 0.15) is 32.1 Å². The van der Waals surface area contributed by atoms with Gasteiger partial charge in [0.2, 0.25) is 0 Å². The van der Waals surface area contributed by atoms with Gasteiger partial charge in [0.25, 0.3) is 0 Å². The summed E-state index contributed by atoms with van der Waals surface area (Å²) in [5.74, 6) is 1.77. The van der Waals surface area contributed by atoms with Gasteiger partial charge >= 0.3 is 0 Å². The lowest BCUT2D eigenvalue weighted by molar-refractivity contribution is 0.0365. The summed E-state index contributed by atoms with van der Waals surface area (Å²) in [4.78, 5) is 4.68. The third-order valence-corrected chi connectivity index (χ3v) is 6.31. The van der Waals surface area contributed by atoms with Crippen molar-refractivity contribution in [2.75, 3.05) is 51.3 Å². The molecule has 2 aromatic carbocycles. The van der Waals surface area contributed by atoms with Crippen LogP contribution in [0.4, 0.5) is 5.69 Å². The van der Waals surface area contributed by atoms with Crippen LogP contribution in [-0.4, -0.2) is 60.9 Å². The topological polar surface area (TPSA) is 50.1 Å². The van der Waals surface area contributed by atoms with Gasteiger partial charge in [-0.25, -0.2) is 0 Å². The van der Waals surface area contributed by atoms with E-state index < -0.39 is 0 Å². The zero-order valence-corrected chi connectivity index (χ0v) is 20.3. The lowest BCUT2D eigenvalue weighted by Crippen LogP contribution is -2.41. The van der Waals surface area contributed by atoms with E-state index in [-0.39, 0.29) is 6.04 Å². The number of rotatable bonds is 9. The Morgan fingerprint density at radius 1 is 1.15 bits per heavy atom. The van der Waals surface area contributed by atoms with Crippen LogP contribution in [0.25, 0.3) is 11.0 Å². The Morgan fingerprint density at radius 2 is 1.91 bits per heavy atom. The first-order chi connectivity index (χ1) is 16.1. The summed E-state index contributed by atoms with van der Waals surface area (Å²) < 4.78 is 17.2. The Morgan fingerprint density at radius 3 is 2.64 bits per heavy atom. The van der Waals surface area contributed by atoms with E-state index in [0.717, 1.165) is 74.0 Å². The van der Waals surface area contributed by atoms with E-state index in [4.69, 9.17) is 26.1 Å². The summed E-state index contributed by atoms with van der Waals surface area (Å²) in [6, 6.07) is 18.1. The van der Waals surface area contributed by atoms with Crippen molar-refractivity contribution in [3.05, 3.63) is 60.4 Å². The van der Waals surface area contributed by atoms with Crippen LogP contribution in [0.15, 0.2) is 59.0 Å². The molecule has 33 heavy (non-hydrogen) atoms. The Hall–Kier alpha value is -2.61. The molecule has 1 aliphatic rings. The minimum absolute atomic E-state index is 0.00443. The highest BCUT2D eigenvalue weighted by Gasteiger charge is 2.22. The van der Waals surface area contributed by atoms with Gasteiger partial charge in [-0.3, -0.25) is 4.90 Å². The number of furan rings is 1. The molecule has 1 N–H and O–H groups in total. The van der Waals surface area contributed by atoms with Gasteiger partial charge in [0.1, 0.15) is 17.1 Å². The number of hydrogen-bond donors (Lipinski definition) is 1. The van der Waals surface area contributed by atoms with Crippen LogP contribution < -0.4 is 10.1 Å². The Kier molecular flexibility index (Phi) is 8.20. The summed E-state index contributed by atoms with van der Waals surface area (Å²) >= 11 is 5.88. The van der Waals surface area contributed by atoms with Gasteiger partial charge in [-0.2, -0.15) is 0 Å². The van der Waals surface area contributed by atoms with Gasteiger partial charge in [-0.15, -0.1) is 0 Å². The number of hydrogen-bond acceptors (Lipinski definition) is 5. The van der Waals surface area contributed by atoms with Crippen molar-refractivity contribution in [2.45, 2.75) is 26.3 Å². The molecule has 1 saturated heterocycles. The normalized spacial score (nSPS) is 15.3. The molecule has 0 bridgehead atoms. The molecule has 176 valence electrons. The van der Waals surface area contributed by atoms with Crippen molar-refractivity contribution >= 4 is 34.0 Å². The number of ether oxygens (including phenoxy) is 2. The van der Waals surface area contributed by atoms with Crippen molar-refractivity contribution in [2.24, 2.45) is 0 Å². The molecule has 0 saturated carbocycles. The molecule has 2 heterocycles. The SMILES string of the molecule is CCOc1ccc(NC(=S)N(CCCN2CCOCC2)[C@@H](C)c2cc3ccccc3o2)cc1. The summed E-state index contributed by atoms with van der Waals surface area (Å²) in [5.41, 5.74) is 1.84. The molecule has 0 aliphatic carbocycles. The second-order valence-electron chi connectivity index (χ2n) is 8.25. The van der Waals surface area contributed by atoms with Gasteiger partial charge in [-0.05, 0) is 68.9 Å². The van der Waals surface area contributed by atoms with Gasteiger partial charge in [-0.1, -0.05) is 18.2 Å². The highest BCUT2D eigenvalue weighted by atomic mass is 32.1. The first kappa shape index (κ1) is 23.5. The maximum Gasteiger partial charge on any atom is 0.174 e. The van der Waals surface area contributed by atoms with E-state index in [9.17, 15) is 0 Å². The summed E-state index contributed by atoms with van der Waals surface area (Å²) in [6.07, 6.45) is 1.01. The number of thiocarbonyl (C=S) groups is 1. The molecule has 0 amide bonds. The lowest BCUT2D eigenvalue weighted by Gasteiger charge is -2.32. The minimum Gasteiger partial charge on any atom is -0.494 e. The molecular weight excluding hydrogens is 434 g/mol. The highest BCUT2D eigenvalue weighted by molar-refractivity contribution is 7.80. The number of fused-ring (bicyclic) bond motifs is 1. The van der Waals surface area contributed by atoms with E-state index >= 15 is 0 Å². The van der Waals surface area contributed by atoms with Crippen molar-refractivity contribution < 1.29 is 13.9 Å². The Bertz CT molecular complexity index is 998. The van der Waals surface area contributed by atoms with Gasteiger partial charge < -0.3 is 24.1 Å². The molecule has 4 rings (SSSR count). The van der Waals surface area contributed by atoms with E-state index in [1.807, 2.05) is 49.4 Å². The standard InChI is InChI=1S/C26H33N3O3S/c1-3-31-23-11-9-22(10-12-23)27-26(33)29(14-6-13-28-15-17-30-18-16-28)20(2)25-19-21-7-4-5-8-24(21)32-25/h4-5,7-12,19-20H,3,6,13-18H2,1-2H3,(H,27,33)/t20-/m0/s1. The Labute approximate surface area is 201 Å². The molecule has 7 heteroatoms. The average Bonchev–Trinajstić information content (AvgIpc) is 3.28. The van der Waals surface area contributed by atoms with E-state index in [2.05, 4.69) is 34.2 Å². The molecule has 1 atom stereocenters.